The molecule has 0 saturated heterocycles. The number of hydrogen-bond donors (Lipinski definition) is 1. The van der Waals surface area contributed by atoms with E-state index >= 15 is 0 Å². The predicted octanol–water partition coefficient (Wildman–Crippen LogP) is 5.24. The topological polar surface area (TPSA) is 12.0 Å². The van der Waals surface area contributed by atoms with Crippen molar-refractivity contribution < 1.29 is 0 Å². The second-order valence-corrected chi connectivity index (χ2v) is 6.03. The summed E-state index contributed by atoms with van der Waals surface area (Å²) in [5, 5.41) is 6.42. The van der Waals surface area contributed by atoms with Crippen LogP contribution in [0.25, 0.3) is 10.8 Å². The van der Waals surface area contributed by atoms with Crippen molar-refractivity contribution in [3.63, 3.8) is 0 Å². The molecule has 0 bridgehead atoms. The van der Waals surface area contributed by atoms with E-state index in [0.29, 0.717) is 6.04 Å². The summed E-state index contributed by atoms with van der Waals surface area (Å²) in [5.74, 6) is 0. The van der Waals surface area contributed by atoms with E-state index in [9.17, 15) is 0 Å². The molecule has 106 valence electrons. The quantitative estimate of drug-likeness (QED) is 0.706. The number of nitrogens with one attached hydrogen (secondary N) is 1. The summed E-state index contributed by atoms with van der Waals surface area (Å²) in [6.45, 7) is 10.7. The summed E-state index contributed by atoms with van der Waals surface area (Å²) in [5.41, 5.74) is 1.49. The van der Waals surface area contributed by atoms with Gasteiger partial charge in [0.1, 0.15) is 0 Å². The van der Waals surface area contributed by atoms with Crippen LogP contribution >= 0.6 is 0 Å². The van der Waals surface area contributed by atoms with Gasteiger partial charge in [0.05, 0.1) is 0 Å². The van der Waals surface area contributed by atoms with E-state index in [1.807, 2.05) is 6.08 Å². The van der Waals surface area contributed by atoms with Gasteiger partial charge in [0.25, 0.3) is 0 Å². The van der Waals surface area contributed by atoms with Gasteiger partial charge in [-0.3, -0.25) is 0 Å². The van der Waals surface area contributed by atoms with Crippen molar-refractivity contribution in [1.29, 1.82) is 0 Å². The van der Waals surface area contributed by atoms with Crippen molar-refractivity contribution in [2.45, 2.75) is 45.2 Å². The largest absolute Gasteiger partial charge is 0.305 e. The van der Waals surface area contributed by atoms with Crippen LogP contribution in [-0.4, -0.2) is 5.54 Å². The molecule has 2 aromatic rings. The van der Waals surface area contributed by atoms with Gasteiger partial charge in [0.15, 0.2) is 0 Å². The summed E-state index contributed by atoms with van der Waals surface area (Å²) in [6, 6.07) is 15.5. The van der Waals surface area contributed by atoms with Crippen LogP contribution < -0.4 is 5.32 Å². The average molecular weight is 267 g/mol. The highest BCUT2D eigenvalue weighted by Gasteiger charge is 2.21. The lowest BCUT2D eigenvalue weighted by Gasteiger charge is -2.31. The molecule has 0 spiro atoms. The molecular weight excluding hydrogens is 242 g/mol. The van der Waals surface area contributed by atoms with Crippen molar-refractivity contribution in [2.75, 3.05) is 0 Å². The summed E-state index contributed by atoms with van der Waals surface area (Å²) >= 11 is 0. The Hall–Kier alpha value is -1.60. The third kappa shape index (κ3) is 3.29. The first-order valence-corrected chi connectivity index (χ1v) is 7.43. The van der Waals surface area contributed by atoms with Crippen molar-refractivity contribution in [1.82, 2.24) is 5.32 Å². The van der Waals surface area contributed by atoms with Gasteiger partial charge >= 0.3 is 0 Å². The third-order valence-corrected chi connectivity index (χ3v) is 4.05. The Morgan fingerprint density at radius 1 is 1.15 bits per heavy atom. The first kappa shape index (κ1) is 14.8. The molecule has 1 nitrogen and oxygen atoms in total. The maximum atomic E-state index is 3.92. The Morgan fingerprint density at radius 2 is 1.85 bits per heavy atom. The normalized spacial score (nSPS) is 13.3. The molecule has 1 atom stereocenters. The first-order valence-electron chi connectivity index (χ1n) is 7.43. The number of rotatable bonds is 6. The van der Waals surface area contributed by atoms with Gasteiger partial charge in [-0.2, -0.15) is 0 Å². The zero-order chi connectivity index (χ0) is 14.6. The Bertz CT molecular complexity index is 578. The zero-order valence-electron chi connectivity index (χ0n) is 12.8. The van der Waals surface area contributed by atoms with Crippen LogP contribution in [-0.2, 0) is 0 Å². The summed E-state index contributed by atoms with van der Waals surface area (Å²) < 4.78 is 0. The minimum Gasteiger partial charge on any atom is -0.305 e. The predicted molar refractivity (Wildman–Crippen MR) is 89.0 cm³/mol. The molecule has 20 heavy (non-hydrogen) atoms. The molecule has 1 N–H and O–H groups in total. The third-order valence-electron chi connectivity index (χ3n) is 4.05. The maximum Gasteiger partial charge on any atom is 0.0365 e. The van der Waals surface area contributed by atoms with Gasteiger partial charge < -0.3 is 5.32 Å². The van der Waals surface area contributed by atoms with Crippen molar-refractivity contribution in [2.24, 2.45) is 0 Å². The van der Waals surface area contributed by atoms with Crippen molar-refractivity contribution in [3.05, 3.63) is 60.7 Å². The fraction of sp³-hybridized carbons (Fsp3) is 0.368. The van der Waals surface area contributed by atoms with Gasteiger partial charge in [-0.1, -0.05) is 55.5 Å². The summed E-state index contributed by atoms with van der Waals surface area (Å²) in [7, 11) is 0. The molecule has 0 fully saturated rings. The van der Waals surface area contributed by atoms with E-state index in [0.717, 1.165) is 12.8 Å². The SMILES string of the molecule is C=CCC(NC(C)(C)CC)c1cccc2ccccc12. The molecule has 0 saturated carbocycles. The Kier molecular flexibility index (Phi) is 4.61. The summed E-state index contributed by atoms with van der Waals surface area (Å²) in [6.07, 6.45) is 4.05. The fourth-order valence-electron chi connectivity index (χ4n) is 2.56. The van der Waals surface area contributed by atoms with Crippen molar-refractivity contribution in [3.8, 4) is 0 Å². The lowest BCUT2D eigenvalue weighted by atomic mass is 9.93. The second kappa shape index (κ2) is 6.23. The van der Waals surface area contributed by atoms with E-state index < -0.39 is 0 Å². The van der Waals surface area contributed by atoms with E-state index in [1.165, 1.54) is 16.3 Å². The molecule has 0 radical (unpaired) electrons. The number of fused-ring (bicyclic) bond motifs is 1. The van der Waals surface area contributed by atoms with Crippen LogP contribution in [0.4, 0.5) is 0 Å². The molecular formula is C19H25N. The molecule has 1 heteroatoms. The molecule has 2 aromatic carbocycles. The smallest absolute Gasteiger partial charge is 0.0365 e. The van der Waals surface area contributed by atoms with Crippen LogP contribution in [0.1, 0.15) is 45.2 Å². The molecule has 0 aliphatic carbocycles. The highest BCUT2D eigenvalue weighted by Crippen LogP contribution is 2.28. The monoisotopic (exact) mass is 267 g/mol. The van der Waals surface area contributed by atoms with Crippen LogP contribution in [0.15, 0.2) is 55.1 Å². The van der Waals surface area contributed by atoms with E-state index in [2.05, 4.69) is 75.1 Å². The Balaban J connectivity index is 2.44. The zero-order valence-corrected chi connectivity index (χ0v) is 12.8. The lowest BCUT2D eigenvalue weighted by molar-refractivity contribution is 0.328. The Morgan fingerprint density at radius 3 is 2.55 bits per heavy atom. The standard InChI is InChI=1S/C19H25N/c1-5-10-18(20-19(3,4)6-2)17-14-9-12-15-11-7-8-13-16(15)17/h5,7-9,11-14,18,20H,1,6,10H2,2-4H3. The van der Waals surface area contributed by atoms with Crippen LogP contribution in [0.3, 0.4) is 0 Å². The molecule has 0 aliphatic rings. The first-order chi connectivity index (χ1) is 9.57. The molecule has 0 amide bonds. The molecule has 0 aromatic heterocycles. The van der Waals surface area contributed by atoms with Gasteiger partial charge in [-0.25, -0.2) is 0 Å². The molecule has 2 rings (SSSR count). The lowest BCUT2D eigenvalue weighted by Crippen LogP contribution is -2.41. The maximum absolute atomic E-state index is 3.92. The van der Waals surface area contributed by atoms with Gasteiger partial charge in [0, 0.05) is 11.6 Å². The minimum absolute atomic E-state index is 0.130. The Labute approximate surface area is 122 Å². The van der Waals surface area contributed by atoms with Crippen molar-refractivity contribution >= 4 is 10.8 Å². The molecule has 0 aliphatic heterocycles. The highest BCUT2D eigenvalue weighted by atomic mass is 15.0. The van der Waals surface area contributed by atoms with Crippen LogP contribution in [0.5, 0.6) is 0 Å². The highest BCUT2D eigenvalue weighted by molar-refractivity contribution is 5.86. The van der Waals surface area contributed by atoms with E-state index in [1.54, 1.807) is 0 Å². The molecule has 0 heterocycles. The van der Waals surface area contributed by atoms with E-state index in [4.69, 9.17) is 0 Å². The number of hydrogen-bond acceptors (Lipinski definition) is 1. The molecule has 1 unspecified atom stereocenters. The average Bonchev–Trinajstić information content (AvgIpc) is 2.46. The minimum atomic E-state index is 0.130. The fourth-order valence-corrected chi connectivity index (χ4v) is 2.56. The van der Waals surface area contributed by atoms with Gasteiger partial charge in [-0.15, -0.1) is 6.58 Å². The second-order valence-electron chi connectivity index (χ2n) is 6.03. The van der Waals surface area contributed by atoms with Gasteiger partial charge in [-0.05, 0) is 43.0 Å². The van der Waals surface area contributed by atoms with Crippen LogP contribution in [0, 0.1) is 0 Å². The van der Waals surface area contributed by atoms with Gasteiger partial charge in [0.2, 0.25) is 0 Å². The number of benzene rings is 2. The summed E-state index contributed by atoms with van der Waals surface area (Å²) in [4.78, 5) is 0. The van der Waals surface area contributed by atoms with Crippen LogP contribution in [0.2, 0.25) is 0 Å². The van der Waals surface area contributed by atoms with E-state index in [-0.39, 0.29) is 5.54 Å².